The van der Waals surface area contributed by atoms with Crippen LogP contribution < -0.4 is 5.32 Å². The molecule has 6 heteroatoms. The fourth-order valence-corrected chi connectivity index (χ4v) is 2.46. The lowest BCUT2D eigenvalue weighted by Gasteiger charge is -2.33. The maximum atomic E-state index is 12.5. The van der Waals surface area contributed by atoms with E-state index in [1.807, 2.05) is 13.8 Å². The van der Waals surface area contributed by atoms with E-state index in [1.165, 1.54) is 6.20 Å². The van der Waals surface area contributed by atoms with Gasteiger partial charge in [0.05, 0.1) is 0 Å². The Balaban J connectivity index is 2.06. The zero-order valence-electron chi connectivity index (χ0n) is 13.5. The summed E-state index contributed by atoms with van der Waals surface area (Å²) in [4.78, 5) is 32.8. The van der Waals surface area contributed by atoms with E-state index < -0.39 is 0 Å². The molecule has 0 saturated carbocycles. The Hall–Kier alpha value is -1.95. The van der Waals surface area contributed by atoms with E-state index in [1.54, 1.807) is 17.0 Å². The minimum Gasteiger partial charge on any atom is -0.350 e. The first-order chi connectivity index (χ1) is 10.5. The Morgan fingerprint density at radius 2 is 1.95 bits per heavy atom. The van der Waals surface area contributed by atoms with Crippen molar-refractivity contribution in [2.24, 2.45) is 0 Å². The van der Waals surface area contributed by atoms with Crippen molar-refractivity contribution in [1.82, 2.24) is 20.1 Å². The van der Waals surface area contributed by atoms with Gasteiger partial charge < -0.3 is 15.1 Å². The molecule has 1 aliphatic heterocycles. The Morgan fingerprint density at radius 3 is 2.55 bits per heavy atom. The zero-order chi connectivity index (χ0) is 16.1. The van der Waals surface area contributed by atoms with Gasteiger partial charge in [0.1, 0.15) is 5.69 Å². The molecule has 0 spiro atoms. The maximum Gasteiger partial charge on any atom is 0.272 e. The van der Waals surface area contributed by atoms with Crippen LogP contribution >= 0.6 is 0 Å². The minimum absolute atomic E-state index is 0.0574. The van der Waals surface area contributed by atoms with Crippen LogP contribution in [0, 0.1) is 0 Å². The molecular weight excluding hydrogens is 280 g/mol. The van der Waals surface area contributed by atoms with E-state index in [9.17, 15) is 9.59 Å². The van der Waals surface area contributed by atoms with Gasteiger partial charge in [0.2, 0.25) is 0 Å². The second kappa shape index (κ2) is 7.35. The van der Waals surface area contributed by atoms with E-state index in [0.29, 0.717) is 24.3 Å². The Labute approximate surface area is 131 Å². The summed E-state index contributed by atoms with van der Waals surface area (Å²) < 4.78 is 0. The van der Waals surface area contributed by atoms with Crippen LogP contribution in [0.5, 0.6) is 0 Å². The number of nitrogens with one attached hydrogen (secondary N) is 1. The van der Waals surface area contributed by atoms with Crippen LogP contribution in [-0.4, -0.2) is 65.4 Å². The highest BCUT2D eigenvalue weighted by molar-refractivity contribution is 5.98. The van der Waals surface area contributed by atoms with E-state index in [0.717, 1.165) is 19.6 Å². The summed E-state index contributed by atoms with van der Waals surface area (Å²) in [7, 11) is 0. The summed E-state index contributed by atoms with van der Waals surface area (Å²) in [5.41, 5.74) is 0.806. The summed E-state index contributed by atoms with van der Waals surface area (Å²) in [6, 6.07) is 3.26. The highest BCUT2D eigenvalue weighted by atomic mass is 16.2. The lowest BCUT2D eigenvalue weighted by molar-refractivity contribution is 0.0637. The lowest BCUT2D eigenvalue weighted by atomic mass is 10.2. The van der Waals surface area contributed by atoms with Crippen LogP contribution in [0.2, 0.25) is 0 Å². The molecule has 0 bridgehead atoms. The summed E-state index contributed by atoms with van der Waals surface area (Å²) >= 11 is 0. The molecule has 22 heavy (non-hydrogen) atoms. The molecule has 2 amide bonds. The van der Waals surface area contributed by atoms with E-state index in [-0.39, 0.29) is 17.9 Å². The molecule has 2 heterocycles. The number of carbonyl (C=O) groups excluding carboxylic acids is 2. The fourth-order valence-electron chi connectivity index (χ4n) is 2.46. The lowest BCUT2D eigenvalue weighted by Crippen LogP contribution is -2.48. The van der Waals surface area contributed by atoms with Crippen LogP contribution in [0.3, 0.4) is 0 Å². The van der Waals surface area contributed by atoms with Gasteiger partial charge in [-0.1, -0.05) is 6.92 Å². The summed E-state index contributed by atoms with van der Waals surface area (Å²) in [5, 5.41) is 2.82. The number of amides is 2. The van der Waals surface area contributed by atoms with Crippen molar-refractivity contribution in [2.75, 3.05) is 32.7 Å². The largest absolute Gasteiger partial charge is 0.350 e. The molecule has 0 atom stereocenters. The molecule has 0 aromatic carbocycles. The first-order valence-corrected chi connectivity index (χ1v) is 7.79. The Morgan fingerprint density at radius 1 is 1.27 bits per heavy atom. The van der Waals surface area contributed by atoms with Crippen LogP contribution in [-0.2, 0) is 0 Å². The normalized spacial score (nSPS) is 15.9. The molecule has 0 radical (unpaired) electrons. The number of pyridine rings is 1. The average molecular weight is 304 g/mol. The molecule has 0 unspecified atom stereocenters. The summed E-state index contributed by atoms with van der Waals surface area (Å²) in [5.74, 6) is -0.280. The predicted octanol–water partition coefficient (Wildman–Crippen LogP) is 0.997. The number of hydrogen-bond acceptors (Lipinski definition) is 4. The molecule has 1 aromatic heterocycles. The SMILES string of the molecule is CCN1CCN(C(=O)c2cc(C(=O)NC(C)C)ccn2)CC1. The van der Waals surface area contributed by atoms with E-state index in [2.05, 4.69) is 22.1 Å². The molecule has 1 N–H and O–H groups in total. The molecule has 6 nitrogen and oxygen atoms in total. The van der Waals surface area contributed by atoms with Crippen molar-refractivity contribution in [3.63, 3.8) is 0 Å². The van der Waals surface area contributed by atoms with Crippen molar-refractivity contribution in [1.29, 1.82) is 0 Å². The first kappa shape index (κ1) is 16.4. The van der Waals surface area contributed by atoms with Crippen LogP contribution in [0.4, 0.5) is 0 Å². The van der Waals surface area contributed by atoms with Gasteiger partial charge in [-0.2, -0.15) is 0 Å². The standard InChI is InChI=1S/C16H24N4O2/c1-4-19-7-9-20(10-8-19)16(22)14-11-13(5-6-17-14)15(21)18-12(2)3/h5-6,11-12H,4,7-10H2,1-3H3,(H,18,21). The molecule has 1 aliphatic rings. The van der Waals surface area contributed by atoms with Crippen LogP contribution in [0.1, 0.15) is 41.6 Å². The van der Waals surface area contributed by atoms with Crippen molar-refractivity contribution >= 4 is 11.8 Å². The average Bonchev–Trinajstić information content (AvgIpc) is 2.54. The van der Waals surface area contributed by atoms with Gasteiger partial charge in [-0.05, 0) is 32.5 Å². The third-order valence-corrected chi connectivity index (χ3v) is 3.77. The molecule has 120 valence electrons. The van der Waals surface area contributed by atoms with E-state index in [4.69, 9.17) is 0 Å². The predicted molar refractivity (Wildman–Crippen MR) is 84.9 cm³/mol. The monoisotopic (exact) mass is 304 g/mol. The molecule has 0 aliphatic carbocycles. The molecular formula is C16H24N4O2. The van der Waals surface area contributed by atoms with Gasteiger partial charge in [0, 0.05) is 44.0 Å². The van der Waals surface area contributed by atoms with Crippen molar-refractivity contribution in [3.05, 3.63) is 29.6 Å². The van der Waals surface area contributed by atoms with Gasteiger partial charge in [0.25, 0.3) is 11.8 Å². The Kier molecular flexibility index (Phi) is 5.49. The highest BCUT2D eigenvalue weighted by Gasteiger charge is 2.22. The third kappa shape index (κ3) is 4.04. The maximum absolute atomic E-state index is 12.5. The van der Waals surface area contributed by atoms with E-state index >= 15 is 0 Å². The molecule has 1 saturated heterocycles. The highest BCUT2D eigenvalue weighted by Crippen LogP contribution is 2.09. The number of carbonyl (C=O) groups is 2. The number of rotatable bonds is 4. The second-order valence-corrected chi connectivity index (χ2v) is 5.78. The third-order valence-electron chi connectivity index (χ3n) is 3.77. The quantitative estimate of drug-likeness (QED) is 0.901. The second-order valence-electron chi connectivity index (χ2n) is 5.78. The molecule has 1 aromatic rings. The fraction of sp³-hybridized carbons (Fsp3) is 0.562. The first-order valence-electron chi connectivity index (χ1n) is 7.79. The van der Waals surface area contributed by atoms with Gasteiger partial charge in [-0.25, -0.2) is 0 Å². The van der Waals surface area contributed by atoms with Gasteiger partial charge >= 0.3 is 0 Å². The zero-order valence-corrected chi connectivity index (χ0v) is 13.5. The van der Waals surface area contributed by atoms with Crippen molar-refractivity contribution < 1.29 is 9.59 Å². The minimum atomic E-state index is -0.178. The van der Waals surface area contributed by atoms with Crippen LogP contribution in [0.15, 0.2) is 18.3 Å². The number of nitrogens with zero attached hydrogens (tertiary/aromatic N) is 3. The summed E-state index contributed by atoms with van der Waals surface area (Å²) in [6.45, 7) is 10.1. The van der Waals surface area contributed by atoms with Gasteiger partial charge in [-0.15, -0.1) is 0 Å². The van der Waals surface area contributed by atoms with Crippen molar-refractivity contribution in [3.8, 4) is 0 Å². The topological polar surface area (TPSA) is 65.5 Å². The summed E-state index contributed by atoms with van der Waals surface area (Å²) in [6.07, 6.45) is 1.52. The molecule has 1 fully saturated rings. The number of hydrogen-bond donors (Lipinski definition) is 1. The number of piperazine rings is 1. The Bertz CT molecular complexity index is 537. The smallest absolute Gasteiger partial charge is 0.272 e. The van der Waals surface area contributed by atoms with Crippen molar-refractivity contribution in [2.45, 2.75) is 26.8 Å². The van der Waals surface area contributed by atoms with Gasteiger partial charge in [0.15, 0.2) is 0 Å². The number of likely N-dealkylation sites (N-methyl/N-ethyl adjacent to an activating group) is 1. The van der Waals surface area contributed by atoms with Gasteiger partial charge in [-0.3, -0.25) is 14.6 Å². The van der Waals surface area contributed by atoms with Crippen LogP contribution in [0.25, 0.3) is 0 Å². The number of aromatic nitrogens is 1. The molecule has 2 rings (SSSR count).